The van der Waals surface area contributed by atoms with Crippen LogP contribution in [0.1, 0.15) is 19.8 Å². The van der Waals surface area contributed by atoms with Crippen LogP contribution in [0, 0.1) is 0 Å². The third kappa shape index (κ3) is 5.28. The topological polar surface area (TPSA) is 38.7 Å². The fourth-order valence-electron chi connectivity index (χ4n) is 0.965. The molecule has 3 nitrogen and oxygen atoms in total. The molecule has 0 aliphatic heterocycles. The fourth-order valence-corrected chi connectivity index (χ4v) is 2.25. The van der Waals surface area contributed by atoms with E-state index in [-0.39, 0.29) is 0 Å². The number of hydrogen-bond acceptors (Lipinski definition) is 3. The molecule has 0 spiro atoms. The van der Waals surface area contributed by atoms with E-state index in [0.29, 0.717) is 12.4 Å². The summed E-state index contributed by atoms with van der Waals surface area (Å²) in [6.07, 6.45) is 1.87. The van der Waals surface area contributed by atoms with Gasteiger partial charge in [0.25, 0.3) is 0 Å². The Morgan fingerprint density at radius 3 is 2.60 bits per heavy atom. The maximum atomic E-state index is 9.68. The van der Waals surface area contributed by atoms with Gasteiger partial charge in [-0.15, -0.1) is 0 Å². The summed E-state index contributed by atoms with van der Waals surface area (Å²) < 4.78 is 10.3. The maximum Gasteiger partial charge on any atom is 0.377 e. The van der Waals surface area contributed by atoms with Gasteiger partial charge in [0, 0.05) is 11.8 Å². The van der Waals surface area contributed by atoms with Crippen molar-refractivity contribution in [3.8, 4) is 5.75 Å². The van der Waals surface area contributed by atoms with Crippen molar-refractivity contribution in [2.45, 2.75) is 19.8 Å². The van der Waals surface area contributed by atoms with Crippen LogP contribution in [0.25, 0.3) is 0 Å². The summed E-state index contributed by atoms with van der Waals surface area (Å²) in [5, 5.41) is 0. The van der Waals surface area contributed by atoms with Gasteiger partial charge in [-0.05, 0) is 18.6 Å². The number of benzene rings is 1. The molecule has 0 saturated carbocycles. The Morgan fingerprint density at radius 2 is 2.00 bits per heavy atom. The Kier molecular flexibility index (Phi) is 5.26. The van der Waals surface area contributed by atoms with Crippen LogP contribution in [0.3, 0.4) is 0 Å². The van der Waals surface area contributed by atoms with Gasteiger partial charge in [-0.25, -0.2) is 0 Å². The van der Waals surface area contributed by atoms with E-state index in [1.165, 1.54) is 0 Å². The molecular weight excluding hydrogens is 231 g/mol. The molecule has 0 heterocycles. The molecule has 1 aromatic rings. The summed E-state index contributed by atoms with van der Waals surface area (Å²) in [6.45, 7) is -0.625. The van der Waals surface area contributed by atoms with E-state index in [0.717, 1.165) is 12.8 Å². The Labute approximate surface area is 95.3 Å². The van der Waals surface area contributed by atoms with Gasteiger partial charge in [0.05, 0.1) is 6.61 Å². The predicted octanol–water partition coefficient (Wildman–Crippen LogP) is 3.10. The number of unbranched alkanes of at least 4 members (excludes halogenated alkanes) is 1. The molecular formula is C10H15O3PS. The van der Waals surface area contributed by atoms with Gasteiger partial charge in [-0.2, -0.15) is 0 Å². The van der Waals surface area contributed by atoms with Crippen LogP contribution < -0.4 is 4.52 Å². The Morgan fingerprint density at radius 1 is 1.33 bits per heavy atom. The first kappa shape index (κ1) is 12.7. The zero-order valence-corrected chi connectivity index (χ0v) is 10.3. The second kappa shape index (κ2) is 6.23. The van der Waals surface area contributed by atoms with Crippen molar-refractivity contribution in [2.24, 2.45) is 0 Å². The molecule has 0 amide bonds. The molecule has 15 heavy (non-hydrogen) atoms. The van der Waals surface area contributed by atoms with Gasteiger partial charge in [0.2, 0.25) is 0 Å². The number of para-hydroxylation sites is 1. The lowest BCUT2D eigenvalue weighted by atomic mass is 10.3. The number of rotatable bonds is 6. The van der Waals surface area contributed by atoms with Gasteiger partial charge in [0.1, 0.15) is 5.75 Å². The molecule has 1 unspecified atom stereocenters. The van der Waals surface area contributed by atoms with E-state index < -0.39 is 6.72 Å². The van der Waals surface area contributed by atoms with Crippen LogP contribution in [0.5, 0.6) is 5.75 Å². The molecule has 0 aliphatic carbocycles. The van der Waals surface area contributed by atoms with Crippen LogP contribution >= 0.6 is 6.72 Å². The third-order valence-corrected chi connectivity index (χ3v) is 3.21. The predicted molar refractivity (Wildman–Crippen MR) is 64.4 cm³/mol. The highest BCUT2D eigenvalue weighted by Crippen LogP contribution is 2.44. The van der Waals surface area contributed by atoms with Gasteiger partial charge in [-0.1, -0.05) is 31.5 Å². The molecule has 0 bridgehead atoms. The normalized spacial score (nSPS) is 14.5. The lowest BCUT2D eigenvalue weighted by Gasteiger charge is -2.16. The Hall–Kier alpha value is -0.410. The number of hydrogen-bond donors (Lipinski definition) is 1. The van der Waals surface area contributed by atoms with Crippen molar-refractivity contribution < 1.29 is 13.9 Å². The first-order valence-corrected chi connectivity index (χ1v) is 7.45. The minimum Gasteiger partial charge on any atom is -0.424 e. The first-order chi connectivity index (χ1) is 7.14. The van der Waals surface area contributed by atoms with Crippen LogP contribution in [0.4, 0.5) is 0 Å². The van der Waals surface area contributed by atoms with E-state index in [1.807, 2.05) is 25.1 Å². The molecule has 84 valence electrons. The highest BCUT2D eigenvalue weighted by atomic mass is 32.5. The van der Waals surface area contributed by atoms with Crippen LogP contribution in [0.2, 0.25) is 0 Å². The average Bonchev–Trinajstić information content (AvgIpc) is 2.18. The van der Waals surface area contributed by atoms with Crippen molar-refractivity contribution in [2.75, 3.05) is 6.61 Å². The second-order valence-electron chi connectivity index (χ2n) is 3.06. The quantitative estimate of drug-likeness (QED) is 0.618. The molecule has 1 aromatic carbocycles. The smallest absolute Gasteiger partial charge is 0.377 e. The molecule has 0 saturated heterocycles. The average molecular weight is 246 g/mol. The molecule has 0 radical (unpaired) electrons. The molecule has 0 fully saturated rings. The van der Waals surface area contributed by atoms with E-state index in [1.54, 1.807) is 12.1 Å². The largest absolute Gasteiger partial charge is 0.424 e. The molecule has 5 heteroatoms. The highest BCUT2D eigenvalue weighted by molar-refractivity contribution is 8.07. The zero-order valence-electron chi connectivity index (χ0n) is 8.63. The van der Waals surface area contributed by atoms with Crippen molar-refractivity contribution in [3.63, 3.8) is 0 Å². The van der Waals surface area contributed by atoms with Crippen molar-refractivity contribution in [1.82, 2.24) is 0 Å². The highest BCUT2D eigenvalue weighted by Gasteiger charge is 2.15. The van der Waals surface area contributed by atoms with Gasteiger partial charge >= 0.3 is 6.72 Å². The van der Waals surface area contributed by atoms with Gasteiger partial charge in [0.15, 0.2) is 0 Å². The fraction of sp³-hybridized carbons (Fsp3) is 0.400. The standard InChI is InChI=1S/C10H15O3PS/c1-2-3-9-12-14(11,15)13-10-7-5-4-6-8-10/h4-8H,2-3,9H2,1H3,(H,11,15). The molecule has 1 N–H and O–H groups in total. The SMILES string of the molecule is CCCCOP(O)(=S)Oc1ccccc1. The van der Waals surface area contributed by atoms with Crippen LogP contribution in [-0.2, 0) is 16.3 Å². The molecule has 1 rings (SSSR count). The van der Waals surface area contributed by atoms with Gasteiger partial charge in [-0.3, -0.25) is 4.52 Å². The lowest BCUT2D eigenvalue weighted by Crippen LogP contribution is -1.98. The maximum absolute atomic E-state index is 9.68. The van der Waals surface area contributed by atoms with Crippen molar-refractivity contribution in [1.29, 1.82) is 0 Å². The summed E-state index contributed by atoms with van der Waals surface area (Å²) in [6, 6.07) is 8.97. The van der Waals surface area contributed by atoms with Crippen LogP contribution in [0.15, 0.2) is 30.3 Å². The van der Waals surface area contributed by atoms with Crippen LogP contribution in [-0.4, -0.2) is 11.5 Å². The van der Waals surface area contributed by atoms with E-state index in [9.17, 15) is 4.89 Å². The Bertz CT molecular complexity index is 329. The summed E-state index contributed by atoms with van der Waals surface area (Å²) >= 11 is 4.86. The van der Waals surface area contributed by atoms with E-state index in [4.69, 9.17) is 20.9 Å². The molecule has 1 atom stereocenters. The monoisotopic (exact) mass is 246 g/mol. The summed E-state index contributed by atoms with van der Waals surface area (Å²) in [5.74, 6) is 0.542. The lowest BCUT2D eigenvalue weighted by molar-refractivity contribution is 0.253. The van der Waals surface area contributed by atoms with E-state index in [2.05, 4.69) is 0 Å². The summed E-state index contributed by atoms with van der Waals surface area (Å²) in [5.41, 5.74) is 0. The minimum atomic E-state index is -3.11. The summed E-state index contributed by atoms with van der Waals surface area (Å²) in [4.78, 5) is 9.68. The minimum absolute atomic E-state index is 0.442. The zero-order chi connectivity index (χ0) is 11.1. The van der Waals surface area contributed by atoms with Crippen molar-refractivity contribution in [3.05, 3.63) is 30.3 Å². The third-order valence-electron chi connectivity index (χ3n) is 1.72. The first-order valence-electron chi connectivity index (χ1n) is 4.86. The second-order valence-corrected chi connectivity index (χ2v) is 5.82. The Balaban J connectivity index is 2.46. The van der Waals surface area contributed by atoms with Crippen molar-refractivity contribution >= 4 is 18.5 Å². The molecule has 0 aliphatic rings. The molecule has 0 aromatic heterocycles. The van der Waals surface area contributed by atoms with E-state index >= 15 is 0 Å². The van der Waals surface area contributed by atoms with Gasteiger partial charge < -0.3 is 9.42 Å². The summed E-state index contributed by atoms with van der Waals surface area (Å²) in [7, 11) is 0.